The molecule has 5 nitrogen and oxygen atoms in total. The molecule has 1 aromatic carbocycles. The second-order valence-corrected chi connectivity index (χ2v) is 6.18. The number of alkyl halides is 2. The first-order chi connectivity index (χ1) is 10.0. The molecule has 1 aromatic rings. The van der Waals surface area contributed by atoms with Gasteiger partial charge in [-0.15, -0.1) is 0 Å². The average molecular weight is 313 g/mol. The molecular weight excluding hydrogens is 296 g/mol. The zero-order valence-electron chi connectivity index (χ0n) is 12.5. The molecule has 0 atom stereocenters. The van der Waals surface area contributed by atoms with E-state index in [1.165, 1.54) is 18.2 Å². The fraction of sp³-hybridized carbons (Fsp3) is 0.467. The number of halogens is 2. The van der Waals surface area contributed by atoms with E-state index in [1.54, 1.807) is 20.8 Å². The number of hydrogen-bond donors (Lipinski definition) is 1. The van der Waals surface area contributed by atoms with E-state index in [0.717, 1.165) is 4.90 Å². The number of ether oxygens (including phenoxy) is 1. The number of benzene rings is 1. The van der Waals surface area contributed by atoms with Crippen molar-refractivity contribution in [1.29, 1.82) is 0 Å². The predicted molar refractivity (Wildman–Crippen MR) is 73.9 cm³/mol. The normalized spacial score (nSPS) is 16.9. The Hall–Kier alpha value is -2.18. The predicted octanol–water partition coefficient (Wildman–Crippen LogP) is 3.23. The van der Waals surface area contributed by atoms with Gasteiger partial charge in [0.05, 0.1) is 18.7 Å². The van der Waals surface area contributed by atoms with Crippen LogP contribution in [0.5, 0.6) is 0 Å². The van der Waals surface area contributed by atoms with Crippen molar-refractivity contribution in [3.8, 4) is 0 Å². The third-order valence-corrected chi connectivity index (χ3v) is 3.19. The molecule has 0 saturated carbocycles. The Labute approximate surface area is 126 Å². The van der Waals surface area contributed by atoms with Crippen molar-refractivity contribution in [2.24, 2.45) is 0 Å². The zero-order valence-corrected chi connectivity index (χ0v) is 12.5. The number of aromatic carboxylic acids is 1. The van der Waals surface area contributed by atoms with Gasteiger partial charge in [-0.25, -0.2) is 9.59 Å². The summed E-state index contributed by atoms with van der Waals surface area (Å²) in [7, 11) is 0. The summed E-state index contributed by atoms with van der Waals surface area (Å²) < 4.78 is 33.6. The van der Waals surface area contributed by atoms with Crippen LogP contribution in [-0.2, 0) is 17.2 Å². The second-order valence-electron chi connectivity index (χ2n) is 6.18. The Morgan fingerprint density at radius 3 is 2.50 bits per heavy atom. The van der Waals surface area contributed by atoms with Gasteiger partial charge in [0.15, 0.2) is 0 Å². The minimum absolute atomic E-state index is 0.0582. The molecule has 0 aromatic heterocycles. The van der Waals surface area contributed by atoms with Crippen molar-refractivity contribution in [3.63, 3.8) is 0 Å². The van der Waals surface area contributed by atoms with E-state index < -0.39 is 30.1 Å². The van der Waals surface area contributed by atoms with Gasteiger partial charge in [0.1, 0.15) is 5.60 Å². The number of nitrogens with zero attached hydrogens (tertiary/aromatic N) is 1. The quantitative estimate of drug-likeness (QED) is 0.864. The maximum Gasteiger partial charge on any atom is 0.410 e. The first kappa shape index (κ1) is 16.2. The van der Waals surface area contributed by atoms with Crippen molar-refractivity contribution in [2.75, 3.05) is 6.54 Å². The van der Waals surface area contributed by atoms with Gasteiger partial charge in [0.2, 0.25) is 0 Å². The Morgan fingerprint density at radius 2 is 1.95 bits per heavy atom. The summed E-state index contributed by atoms with van der Waals surface area (Å²) in [6.45, 7) is 3.83. The smallest absolute Gasteiger partial charge is 0.410 e. The van der Waals surface area contributed by atoms with Crippen LogP contribution in [0.15, 0.2) is 18.2 Å². The maximum absolute atomic E-state index is 14.2. The van der Waals surface area contributed by atoms with Gasteiger partial charge >= 0.3 is 12.1 Å². The molecule has 0 radical (unpaired) electrons. The summed E-state index contributed by atoms with van der Waals surface area (Å²) in [5, 5.41) is 9.14. The highest BCUT2D eigenvalue weighted by Crippen LogP contribution is 2.38. The topological polar surface area (TPSA) is 66.8 Å². The summed E-state index contributed by atoms with van der Waals surface area (Å²) in [6.07, 6.45) is -0.891. The molecule has 1 aliphatic heterocycles. The van der Waals surface area contributed by atoms with Crippen LogP contribution in [0, 0.1) is 0 Å². The minimum atomic E-state index is -3.32. The number of rotatable bonds is 1. The summed E-state index contributed by atoms with van der Waals surface area (Å²) in [6, 6.07) is 3.71. The molecule has 0 unspecified atom stereocenters. The lowest BCUT2D eigenvalue weighted by Gasteiger charge is -2.35. The molecule has 1 aliphatic rings. The van der Waals surface area contributed by atoms with E-state index in [2.05, 4.69) is 0 Å². The number of carbonyl (C=O) groups excluding carboxylic acids is 1. The van der Waals surface area contributed by atoms with Gasteiger partial charge < -0.3 is 9.84 Å². The van der Waals surface area contributed by atoms with E-state index in [4.69, 9.17) is 9.84 Å². The number of carboxylic acids is 1. The van der Waals surface area contributed by atoms with E-state index in [-0.39, 0.29) is 23.2 Å². The fourth-order valence-corrected chi connectivity index (χ4v) is 2.33. The van der Waals surface area contributed by atoms with Gasteiger partial charge in [-0.05, 0) is 32.4 Å². The van der Waals surface area contributed by atoms with E-state index in [1.807, 2.05) is 0 Å². The number of carboxylic acid groups (broad SMARTS) is 1. The Balaban J connectivity index is 2.40. The number of fused-ring (bicyclic) bond motifs is 1. The molecular formula is C15H17F2NO4. The highest BCUT2D eigenvalue weighted by atomic mass is 19.3. The third-order valence-electron chi connectivity index (χ3n) is 3.19. The fourth-order valence-electron chi connectivity index (χ4n) is 2.33. The molecule has 22 heavy (non-hydrogen) atoms. The summed E-state index contributed by atoms with van der Waals surface area (Å²) in [5.41, 5.74) is -1.46. The van der Waals surface area contributed by atoms with Crippen molar-refractivity contribution >= 4 is 12.1 Å². The lowest BCUT2D eigenvalue weighted by molar-refractivity contribution is -0.0593. The van der Waals surface area contributed by atoms with Crippen LogP contribution >= 0.6 is 0 Å². The number of amides is 1. The highest BCUT2D eigenvalue weighted by molar-refractivity contribution is 5.90. The Bertz CT molecular complexity index is 622. The molecule has 0 aliphatic carbocycles. The Morgan fingerprint density at radius 1 is 1.32 bits per heavy atom. The molecule has 2 rings (SSSR count). The van der Waals surface area contributed by atoms with Crippen LogP contribution in [-0.4, -0.2) is 34.2 Å². The summed E-state index contributed by atoms with van der Waals surface area (Å²) in [4.78, 5) is 24.1. The number of hydrogen-bond acceptors (Lipinski definition) is 3. The molecule has 0 saturated heterocycles. The van der Waals surface area contributed by atoms with Crippen molar-refractivity contribution < 1.29 is 28.2 Å². The summed E-state index contributed by atoms with van der Waals surface area (Å²) in [5.74, 6) is -4.63. The Kier molecular flexibility index (Phi) is 3.85. The first-order valence-corrected chi connectivity index (χ1v) is 6.73. The van der Waals surface area contributed by atoms with Crippen LogP contribution in [0.25, 0.3) is 0 Å². The van der Waals surface area contributed by atoms with Crippen molar-refractivity contribution in [2.45, 2.75) is 38.8 Å². The second kappa shape index (κ2) is 5.23. The zero-order chi connectivity index (χ0) is 16.7. The van der Waals surface area contributed by atoms with Crippen molar-refractivity contribution in [1.82, 2.24) is 4.90 Å². The van der Waals surface area contributed by atoms with Crippen molar-refractivity contribution in [3.05, 3.63) is 34.9 Å². The maximum atomic E-state index is 14.2. The third kappa shape index (κ3) is 3.18. The molecule has 0 fully saturated rings. The van der Waals surface area contributed by atoms with Crippen LogP contribution in [0.2, 0.25) is 0 Å². The van der Waals surface area contributed by atoms with E-state index >= 15 is 0 Å². The van der Waals surface area contributed by atoms with Crippen LogP contribution in [0.3, 0.4) is 0 Å². The lowest BCUT2D eigenvalue weighted by Crippen LogP contribution is -2.46. The van der Waals surface area contributed by atoms with Gasteiger partial charge in [-0.3, -0.25) is 4.90 Å². The van der Waals surface area contributed by atoms with Crippen LogP contribution < -0.4 is 0 Å². The molecule has 1 N–H and O–H groups in total. The average Bonchev–Trinajstić information content (AvgIpc) is 2.35. The molecule has 1 amide bonds. The van der Waals surface area contributed by atoms with Gasteiger partial charge in [0.25, 0.3) is 5.92 Å². The number of carbonyl (C=O) groups is 2. The molecule has 0 spiro atoms. The minimum Gasteiger partial charge on any atom is -0.478 e. The SMILES string of the molecule is CC(C)(C)OC(=O)N1Cc2c(C(=O)O)cccc2C(F)(F)C1. The lowest BCUT2D eigenvalue weighted by atomic mass is 9.92. The largest absolute Gasteiger partial charge is 0.478 e. The highest BCUT2D eigenvalue weighted by Gasteiger charge is 2.44. The monoisotopic (exact) mass is 313 g/mol. The molecule has 7 heteroatoms. The van der Waals surface area contributed by atoms with E-state index in [0.29, 0.717) is 0 Å². The first-order valence-electron chi connectivity index (χ1n) is 6.73. The molecule has 120 valence electrons. The molecule has 0 bridgehead atoms. The molecule has 1 heterocycles. The van der Waals surface area contributed by atoms with Gasteiger partial charge in [0, 0.05) is 5.56 Å². The van der Waals surface area contributed by atoms with Crippen LogP contribution in [0.1, 0.15) is 42.3 Å². The van der Waals surface area contributed by atoms with Gasteiger partial charge in [-0.1, -0.05) is 12.1 Å². The van der Waals surface area contributed by atoms with Crippen LogP contribution in [0.4, 0.5) is 13.6 Å². The standard InChI is InChI=1S/C15H17F2NO4/c1-14(2,3)22-13(21)18-7-10-9(12(19)20)5-4-6-11(10)15(16,17)8-18/h4-6H,7-8H2,1-3H3,(H,19,20). The van der Waals surface area contributed by atoms with E-state index in [9.17, 15) is 18.4 Å². The van der Waals surface area contributed by atoms with Gasteiger partial charge in [-0.2, -0.15) is 8.78 Å². The summed E-state index contributed by atoms with van der Waals surface area (Å²) >= 11 is 0.